The minimum Gasteiger partial charge on any atom is -1.00 e. The van der Waals surface area contributed by atoms with Crippen molar-refractivity contribution in [2.75, 3.05) is 0 Å². The van der Waals surface area contributed by atoms with E-state index in [4.69, 9.17) is 0 Å². The molecule has 0 bridgehead atoms. The van der Waals surface area contributed by atoms with E-state index >= 15 is 0 Å². The zero-order chi connectivity index (χ0) is 32.0. The van der Waals surface area contributed by atoms with Gasteiger partial charge in [-0.1, -0.05) is 104 Å². The number of rotatable bonds is 6. The van der Waals surface area contributed by atoms with E-state index in [-0.39, 0.29) is 30.2 Å². The van der Waals surface area contributed by atoms with Gasteiger partial charge in [-0.15, -0.1) is 56.9 Å². The molecule has 0 saturated heterocycles. The van der Waals surface area contributed by atoms with E-state index in [1.165, 1.54) is 60.5 Å². The van der Waals surface area contributed by atoms with E-state index in [1.807, 2.05) is 0 Å². The number of hydrogen-bond acceptors (Lipinski definition) is 0. The van der Waals surface area contributed by atoms with Gasteiger partial charge in [0.1, 0.15) is 0 Å². The number of hydrogen-bond donors (Lipinski definition) is 0. The number of fused-ring (bicyclic) bond motifs is 2. The van der Waals surface area contributed by atoms with Crippen molar-refractivity contribution in [1.29, 1.82) is 0 Å². The van der Waals surface area contributed by atoms with Gasteiger partial charge in [0.2, 0.25) is 0 Å². The summed E-state index contributed by atoms with van der Waals surface area (Å²) in [5, 5.41) is 5.70. The zero-order valence-corrected chi connectivity index (χ0v) is 34.6. The minimum absolute atomic E-state index is 0. The fourth-order valence-corrected chi connectivity index (χ4v) is 7.58. The topological polar surface area (TPSA) is 0 Å². The summed E-state index contributed by atoms with van der Waals surface area (Å²) in [6, 6.07) is 29.5. The van der Waals surface area contributed by atoms with Crippen molar-refractivity contribution in [2.24, 2.45) is 0 Å². The summed E-state index contributed by atoms with van der Waals surface area (Å²) in [6.07, 6.45) is 0. The van der Waals surface area contributed by atoms with Gasteiger partial charge in [0, 0.05) is 0 Å². The van der Waals surface area contributed by atoms with Crippen molar-refractivity contribution in [3.8, 4) is 0 Å². The molecule has 0 radical (unpaired) electrons. The van der Waals surface area contributed by atoms with Crippen LogP contribution in [-0.2, 0) is 23.3 Å². The largest absolute Gasteiger partial charge is 1.00 e. The first kappa shape index (κ1) is 41.6. The Balaban J connectivity index is 0.000000337. The maximum Gasteiger partial charge on any atom is -0.0306 e. The molecule has 242 valence electrons. The standard InChI is InChI=1S/2C16H21.C9H12Si.2ClH.Zr/c2*1-10(2)13-8-14-6-12(5)7-16(14)15(9-13)11(3)4;1-8(10-2)9-6-4-3-5-7-9;;;/h2*6-11H,1-5H3;3-8H,1-2H3;2*1H;/q2*-1;;;;+2/p-2. The Bertz CT molecular complexity index is 1540. The molecule has 0 aliphatic rings. The Kier molecular flexibility index (Phi) is 17.4. The third-order valence-electron chi connectivity index (χ3n) is 8.57. The molecule has 1 atom stereocenters. The van der Waals surface area contributed by atoms with E-state index in [0.29, 0.717) is 23.7 Å². The molecule has 1 unspecified atom stereocenters. The second kappa shape index (κ2) is 18.8. The van der Waals surface area contributed by atoms with Gasteiger partial charge < -0.3 is 24.8 Å². The van der Waals surface area contributed by atoms with Gasteiger partial charge in [0.05, 0.1) is 0 Å². The van der Waals surface area contributed by atoms with Crippen LogP contribution in [0.3, 0.4) is 0 Å². The third kappa shape index (κ3) is 11.3. The zero-order valence-electron chi connectivity index (χ0n) is 29.6. The molecule has 4 heteroatoms. The van der Waals surface area contributed by atoms with Crippen molar-refractivity contribution in [1.82, 2.24) is 0 Å². The fraction of sp³-hybridized carbons (Fsp3) is 0.415. The molecule has 0 saturated carbocycles. The quantitative estimate of drug-likeness (QED) is 0.134. The average Bonchev–Trinajstić information content (AvgIpc) is 3.52. The Labute approximate surface area is 302 Å². The first-order chi connectivity index (χ1) is 20.2. The molecule has 0 spiro atoms. The van der Waals surface area contributed by atoms with E-state index in [9.17, 15) is 0 Å². The summed E-state index contributed by atoms with van der Waals surface area (Å²) >= 11 is 1.73. The minimum atomic E-state index is -0.0746. The molecule has 0 aromatic heterocycles. The maximum absolute atomic E-state index is 2.40. The van der Waals surface area contributed by atoms with Crippen LogP contribution in [-0.4, -0.2) is 5.43 Å². The second-order valence-electron chi connectivity index (χ2n) is 13.7. The summed E-state index contributed by atoms with van der Waals surface area (Å²) < 4.78 is 0. The van der Waals surface area contributed by atoms with Crippen LogP contribution in [0, 0.1) is 13.8 Å². The number of halogens is 2. The van der Waals surface area contributed by atoms with Crippen LogP contribution in [0.1, 0.15) is 130 Å². The molecule has 0 aliphatic carbocycles. The van der Waals surface area contributed by atoms with Crippen LogP contribution >= 0.6 is 0 Å². The molecule has 0 fully saturated rings. The number of aryl methyl sites for hydroxylation is 2. The Hall–Kier alpha value is -1.44. The fourth-order valence-electron chi connectivity index (χ4n) is 5.66. The van der Waals surface area contributed by atoms with Gasteiger partial charge in [0.25, 0.3) is 0 Å². The smallest absolute Gasteiger partial charge is 0.0306 e. The normalized spacial score (nSPS) is 11.6. The number of benzene rings is 3. The van der Waals surface area contributed by atoms with Crippen LogP contribution in [0.2, 0.25) is 6.55 Å². The molecule has 5 aromatic rings. The third-order valence-corrected chi connectivity index (χ3v) is 13.4. The van der Waals surface area contributed by atoms with Crippen molar-refractivity contribution >= 4 is 27.0 Å². The summed E-state index contributed by atoms with van der Waals surface area (Å²) in [5.41, 5.74) is 10.9. The van der Waals surface area contributed by atoms with E-state index < -0.39 is 0 Å². The molecule has 0 N–H and O–H groups in total. The van der Waals surface area contributed by atoms with Crippen molar-refractivity contribution in [2.45, 2.75) is 112 Å². The van der Waals surface area contributed by atoms with E-state index in [2.05, 4.69) is 162 Å². The first-order valence-corrected chi connectivity index (χ1v) is 22.0. The van der Waals surface area contributed by atoms with Gasteiger partial charge in [-0.2, -0.15) is 12.1 Å². The molecular weight excluding hydrogens is 683 g/mol. The van der Waals surface area contributed by atoms with Crippen LogP contribution in [0.5, 0.6) is 0 Å². The van der Waals surface area contributed by atoms with Crippen LogP contribution in [0.15, 0.2) is 78.9 Å². The van der Waals surface area contributed by atoms with Crippen molar-refractivity contribution in [3.63, 3.8) is 0 Å². The average molecular weight is 737 g/mol. The molecule has 45 heavy (non-hydrogen) atoms. The monoisotopic (exact) mass is 734 g/mol. The summed E-state index contributed by atoms with van der Waals surface area (Å²) in [5.74, 6) is 2.42. The van der Waals surface area contributed by atoms with Gasteiger partial charge in [-0.25, -0.2) is 0 Å². The summed E-state index contributed by atoms with van der Waals surface area (Å²) in [4.78, 5) is 0. The van der Waals surface area contributed by atoms with Crippen LogP contribution in [0.25, 0.3) is 21.5 Å². The van der Waals surface area contributed by atoms with Crippen molar-refractivity contribution < 1.29 is 48.1 Å². The maximum atomic E-state index is 2.40. The molecule has 0 amide bonds. The van der Waals surface area contributed by atoms with E-state index in [1.54, 1.807) is 23.3 Å². The Morgan fingerprint density at radius 2 is 0.911 bits per heavy atom. The van der Waals surface area contributed by atoms with Crippen molar-refractivity contribution in [3.05, 3.63) is 118 Å². The second-order valence-corrected chi connectivity index (χ2v) is 21.8. The SMILES string of the molecule is CC(c1ccccc1)[Si](C)=[Zr+2].Cc1cc2c(C(C)C)cc(C(C)C)cc2[cH-]1.Cc1cc2c(C(C)C)cc(C(C)C)cc2[cH-]1.[Cl-].[Cl-]. The predicted octanol–water partition coefficient (Wildman–Crippen LogP) is 6.73. The molecule has 5 rings (SSSR count). The first-order valence-electron chi connectivity index (χ1n) is 16.2. The summed E-state index contributed by atoms with van der Waals surface area (Å²) in [7, 11) is 0. The molecule has 0 aliphatic heterocycles. The van der Waals surface area contributed by atoms with Crippen LogP contribution in [0.4, 0.5) is 0 Å². The van der Waals surface area contributed by atoms with Gasteiger partial charge in [0.15, 0.2) is 0 Å². The van der Waals surface area contributed by atoms with Gasteiger partial charge in [-0.3, -0.25) is 0 Å². The molecule has 0 nitrogen and oxygen atoms in total. The Morgan fingerprint density at radius 1 is 0.533 bits per heavy atom. The summed E-state index contributed by atoms with van der Waals surface area (Å²) in [6.45, 7) is 27.3. The van der Waals surface area contributed by atoms with E-state index in [0.717, 1.165) is 5.54 Å². The molecule has 5 aromatic carbocycles. The predicted molar refractivity (Wildman–Crippen MR) is 191 cm³/mol. The van der Waals surface area contributed by atoms with Gasteiger partial charge in [-0.05, 0) is 23.7 Å². The van der Waals surface area contributed by atoms with Crippen LogP contribution < -0.4 is 24.8 Å². The molecular formula is C41H54Cl2SiZr-2. The molecule has 0 heterocycles. The van der Waals surface area contributed by atoms with Gasteiger partial charge >= 0.3 is 83.7 Å². The Morgan fingerprint density at radius 3 is 1.22 bits per heavy atom.